The first-order valence-electron chi connectivity index (χ1n) is 5.34. The maximum Gasteiger partial charge on any atom is 0.151 e. The van der Waals surface area contributed by atoms with E-state index in [9.17, 15) is 8.42 Å². The maximum atomic E-state index is 11.2. The summed E-state index contributed by atoms with van der Waals surface area (Å²) in [6.07, 6.45) is 0.756. The Morgan fingerprint density at radius 2 is 2.00 bits per heavy atom. The van der Waals surface area contributed by atoms with E-state index in [1.54, 1.807) is 0 Å². The predicted molar refractivity (Wildman–Crippen MR) is 62.8 cm³/mol. The van der Waals surface area contributed by atoms with Crippen molar-refractivity contribution in [1.82, 2.24) is 10.2 Å². The Bertz CT molecular complexity index is 309. The van der Waals surface area contributed by atoms with E-state index in [-0.39, 0.29) is 11.6 Å². The van der Waals surface area contributed by atoms with Crippen molar-refractivity contribution in [3.63, 3.8) is 0 Å². The number of likely N-dealkylation sites (N-methyl/N-ethyl adjacent to an activating group) is 1. The van der Waals surface area contributed by atoms with Crippen LogP contribution < -0.4 is 5.32 Å². The second kappa shape index (κ2) is 4.39. The lowest BCUT2D eigenvalue weighted by Gasteiger charge is -2.33. The molecular formula is C10H22N2O2S. The van der Waals surface area contributed by atoms with Crippen molar-refractivity contribution in [2.75, 3.05) is 32.1 Å². The number of nitrogens with zero attached hydrogens (tertiary/aromatic N) is 1. The number of sulfone groups is 1. The molecule has 4 nitrogen and oxygen atoms in total. The molecule has 90 valence electrons. The molecule has 1 heterocycles. The molecule has 0 spiro atoms. The molecule has 1 saturated heterocycles. The minimum Gasteiger partial charge on any atom is -0.311 e. The van der Waals surface area contributed by atoms with Gasteiger partial charge in [-0.3, -0.25) is 0 Å². The van der Waals surface area contributed by atoms with Crippen LogP contribution in [0.1, 0.15) is 20.3 Å². The van der Waals surface area contributed by atoms with Gasteiger partial charge in [0.15, 0.2) is 9.84 Å². The molecule has 0 aromatic rings. The summed E-state index contributed by atoms with van der Waals surface area (Å²) in [5.41, 5.74) is 0.0619. The molecule has 1 rings (SSSR count). The number of hydrogen-bond acceptors (Lipinski definition) is 4. The van der Waals surface area contributed by atoms with Crippen LogP contribution in [-0.4, -0.2) is 57.0 Å². The van der Waals surface area contributed by atoms with Crippen LogP contribution in [0.5, 0.6) is 0 Å². The summed E-state index contributed by atoms with van der Waals surface area (Å²) < 4.78 is 22.5. The van der Waals surface area contributed by atoms with E-state index >= 15 is 0 Å². The van der Waals surface area contributed by atoms with Gasteiger partial charge in [-0.05, 0) is 34.4 Å². The van der Waals surface area contributed by atoms with Gasteiger partial charge in [0.2, 0.25) is 0 Å². The Morgan fingerprint density at radius 3 is 2.40 bits per heavy atom. The lowest BCUT2D eigenvalue weighted by molar-refractivity contribution is 0.185. The van der Waals surface area contributed by atoms with Gasteiger partial charge >= 0.3 is 0 Å². The summed E-state index contributed by atoms with van der Waals surface area (Å²) in [6, 6.07) is 0.147. The van der Waals surface area contributed by atoms with E-state index < -0.39 is 9.84 Å². The van der Waals surface area contributed by atoms with Crippen LogP contribution in [0.2, 0.25) is 0 Å². The highest BCUT2D eigenvalue weighted by atomic mass is 32.2. The van der Waals surface area contributed by atoms with Gasteiger partial charge in [0.25, 0.3) is 0 Å². The highest BCUT2D eigenvalue weighted by Crippen LogP contribution is 2.14. The molecule has 1 aliphatic heterocycles. The van der Waals surface area contributed by atoms with Crippen LogP contribution >= 0.6 is 0 Å². The van der Waals surface area contributed by atoms with Crippen LogP contribution in [0.25, 0.3) is 0 Å². The molecule has 0 bridgehead atoms. The highest BCUT2D eigenvalue weighted by molar-refractivity contribution is 7.91. The van der Waals surface area contributed by atoms with E-state index in [1.165, 1.54) is 0 Å². The molecule has 5 heteroatoms. The largest absolute Gasteiger partial charge is 0.311 e. The fourth-order valence-electron chi connectivity index (χ4n) is 1.51. The van der Waals surface area contributed by atoms with Gasteiger partial charge in [-0.15, -0.1) is 0 Å². The zero-order chi connectivity index (χ0) is 11.7. The van der Waals surface area contributed by atoms with Crippen molar-refractivity contribution in [3.05, 3.63) is 0 Å². The fourth-order valence-corrected chi connectivity index (χ4v) is 3.22. The fraction of sp³-hybridized carbons (Fsp3) is 1.00. The van der Waals surface area contributed by atoms with Crippen molar-refractivity contribution in [2.24, 2.45) is 0 Å². The predicted octanol–water partition coefficient (Wildman–Crippen LogP) is 0.103. The summed E-state index contributed by atoms with van der Waals surface area (Å²) >= 11 is 0. The minimum atomic E-state index is -2.76. The second-order valence-electron chi connectivity index (χ2n) is 5.19. The van der Waals surface area contributed by atoms with Crippen molar-refractivity contribution in [1.29, 1.82) is 0 Å². The average molecular weight is 234 g/mol. The molecule has 0 radical (unpaired) electrons. The first-order chi connectivity index (χ1) is 6.73. The lowest BCUT2D eigenvalue weighted by Crippen LogP contribution is -2.49. The van der Waals surface area contributed by atoms with Crippen LogP contribution in [0.15, 0.2) is 0 Å². The molecule has 0 saturated carbocycles. The smallest absolute Gasteiger partial charge is 0.151 e. The van der Waals surface area contributed by atoms with Gasteiger partial charge in [-0.1, -0.05) is 0 Å². The van der Waals surface area contributed by atoms with Crippen LogP contribution in [0, 0.1) is 0 Å². The van der Waals surface area contributed by atoms with E-state index in [2.05, 4.69) is 24.1 Å². The maximum absolute atomic E-state index is 11.2. The third-order valence-electron chi connectivity index (χ3n) is 3.27. The molecule has 1 aliphatic rings. The molecular weight excluding hydrogens is 212 g/mol. The molecule has 1 atom stereocenters. The number of hydrogen-bond donors (Lipinski definition) is 1. The Labute approximate surface area is 93.0 Å². The lowest BCUT2D eigenvalue weighted by atomic mass is 10.0. The average Bonchev–Trinajstić information content (AvgIpc) is 2.42. The Hall–Kier alpha value is -0.130. The molecule has 1 fully saturated rings. The first-order valence-corrected chi connectivity index (χ1v) is 7.16. The summed E-state index contributed by atoms with van der Waals surface area (Å²) in [7, 11) is 1.31. The van der Waals surface area contributed by atoms with Crippen LogP contribution in [0.3, 0.4) is 0 Å². The summed E-state index contributed by atoms with van der Waals surface area (Å²) in [4.78, 5) is 2.14. The van der Waals surface area contributed by atoms with Gasteiger partial charge in [0.05, 0.1) is 11.5 Å². The van der Waals surface area contributed by atoms with Gasteiger partial charge in [-0.2, -0.15) is 0 Å². The van der Waals surface area contributed by atoms with Gasteiger partial charge in [-0.25, -0.2) is 8.42 Å². The van der Waals surface area contributed by atoms with E-state index in [1.807, 2.05) is 14.1 Å². The van der Waals surface area contributed by atoms with Gasteiger partial charge < -0.3 is 10.2 Å². The van der Waals surface area contributed by atoms with Crippen molar-refractivity contribution < 1.29 is 8.42 Å². The molecule has 0 aromatic heterocycles. The molecule has 1 N–H and O–H groups in total. The van der Waals surface area contributed by atoms with Crippen molar-refractivity contribution >= 4 is 9.84 Å². The van der Waals surface area contributed by atoms with Crippen molar-refractivity contribution in [3.8, 4) is 0 Å². The second-order valence-corrected chi connectivity index (χ2v) is 7.42. The Balaban J connectivity index is 2.39. The third-order valence-corrected chi connectivity index (χ3v) is 5.03. The topological polar surface area (TPSA) is 49.4 Å². The minimum absolute atomic E-state index is 0.0619. The highest BCUT2D eigenvalue weighted by Gasteiger charge is 2.29. The molecule has 1 unspecified atom stereocenters. The van der Waals surface area contributed by atoms with E-state index in [0.29, 0.717) is 11.5 Å². The number of rotatable bonds is 4. The quantitative estimate of drug-likeness (QED) is 0.750. The molecule has 15 heavy (non-hydrogen) atoms. The van der Waals surface area contributed by atoms with E-state index in [0.717, 1.165) is 13.0 Å². The Kier molecular flexibility index (Phi) is 3.79. The summed E-state index contributed by atoms with van der Waals surface area (Å²) in [6.45, 7) is 5.10. The number of nitrogens with one attached hydrogen (secondary N) is 1. The van der Waals surface area contributed by atoms with Gasteiger partial charge in [0, 0.05) is 18.1 Å². The summed E-state index contributed by atoms with van der Waals surface area (Å²) in [5.74, 6) is 0.642. The van der Waals surface area contributed by atoms with Gasteiger partial charge in [0.1, 0.15) is 0 Å². The molecule has 0 aromatic carbocycles. The summed E-state index contributed by atoms with van der Waals surface area (Å²) in [5, 5.41) is 3.34. The third kappa shape index (κ3) is 3.74. The SMILES string of the molecule is CN(C)C(C)(C)CNC1CCS(=O)(=O)C1. The monoisotopic (exact) mass is 234 g/mol. The Morgan fingerprint density at radius 1 is 1.40 bits per heavy atom. The standard InChI is InChI=1S/C10H22N2O2S/c1-10(2,12(3)4)8-11-9-5-6-15(13,14)7-9/h9,11H,5-8H2,1-4H3. The van der Waals surface area contributed by atoms with Crippen LogP contribution in [-0.2, 0) is 9.84 Å². The molecule has 0 amide bonds. The zero-order valence-corrected chi connectivity index (χ0v) is 10.9. The van der Waals surface area contributed by atoms with E-state index in [4.69, 9.17) is 0 Å². The molecule has 0 aliphatic carbocycles. The normalized spacial score (nSPS) is 26.1. The van der Waals surface area contributed by atoms with Crippen LogP contribution in [0.4, 0.5) is 0 Å². The first kappa shape index (κ1) is 12.9. The zero-order valence-electron chi connectivity index (χ0n) is 10.1. The van der Waals surface area contributed by atoms with Crippen molar-refractivity contribution in [2.45, 2.75) is 31.8 Å².